The van der Waals surface area contributed by atoms with Crippen LogP contribution in [0.5, 0.6) is 0 Å². The number of carbonyl (C=O) groups excluding carboxylic acids is 1. The molecule has 2 atom stereocenters. The van der Waals surface area contributed by atoms with Gasteiger partial charge in [-0.2, -0.15) is 0 Å². The van der Waals surface area contributed by atoms with Gasteiger partial charge in [-0.25, -0.2) is 0 Å². The van der Waals surface area contributed by atoms with E-state index >= 15 is 0 Å². The van der Waals surface area contributed by atoms with Crippen molar-refractivity contribution in [2.45, 2.75) is 65.1 Å². The quantitative estimate of drug-likeness (QED) is 0.793. The van der Waals surface area contributed by atoms with Crippen LogP contribution in [0.25, 0.3) is 0 Å². The van der Waals surface area contributed by atoms with Crippen molar-refractivity contribution in [1.29, 1.82) is 0 Å². The van der Waals surface area contributed by atoms with Gasteiger partial charge in [-0.3, -0.25) is 10.1 Å². The van der Waals surface area contributed by atoms with Crippen LogP contribution in [0.3, 0.4) is 0 Å². The van der Waals surface area contributed by atoms with Gasteiger partial charge in [0.1, 0.15) is 0 Å². The van der Waals surface area contributed by atoms with Crippen molar-refractivity contribution in [3.05, 3.63) is 0 Å². The highest BCUT2D eigenvalue weighted by Crippen LogP contribution is 2.46. The third-order valence-electron chi connectivity index (χ3n) is 4.34. The first-order valence-electron chi connectivity index (χ1n) is 6.53. The Morgan fingerprint density at radius 2 is 2.00 bits per heavy atom. The summed E-state index contributed by atoms with van der Waals surface area (Å²) < 4.78 is 0. The molecule has 0 aromatic carbocycles. The monoisotopic (exact) mass is 224 g/mol. The summed E-state index contributed by atoms with van der Waals surface area (Å²) in [4.78, 5) is 14.5. The standard InChI is InChI=1S/C13H24N2O/c1-5-10-14-13(4,6-2)11(16)15(10)9-12(3)7-8-12/h10,14H,5-9H2,1-4H3. The topological polar surface area (TPSA) is 32.3 Å². The Bertz CT molecular complexity index is 298. The van der Waals surface area contributed by atoms with E-state index in [-0.39, 0.29) is 11.7 Å². The number of hydrogen-bond donors (Lipinski definition) is 1. The summed E-state index contributed by atoms with van der Waals surface area (Å²) in [5.41, 5.74) is 0.0790. The summed E-state index contributed by atoms with van der Waals surface area (Å²) in [6.07, 6.45) is 4.66. The first-order chi connectivity index (χ1) is 7.44. The Balaban J connectivity index is 2.12. The number of hydrogen-bond acceptors (Lipinski definition) is 2. The highest BCUT2D eigenvalue weighted by atomic mass is 16.2. The van der Waals surface area contributed by atoms with Crippen molar-refractivity contribution in [2.24, 2.45) is 5.41 Å². The summed E-state index contributed by atoms with van der Waals surface area (Å²) in [7, 11) is 0. The molecule has 0 bridgehead atoms. The lowest BCUT2D eigenvalue weighted by molar-refractivity contribution is -0.133. The zero-order chi connectivity index (χ0) is 12.0. The van der Waals surface area contributed by atoms with Crippen molar-refractivity contribution in [3.8, 4) is 0 Å². The van der Waals surface area contributed by atoms with E-state index in [4.69, 9.17) is 0 Å². The number of nitrogens with zero attached hydrogens (tertiary/aromatic N) is 1. The summed E-state index contributed by atoms with van der Waals surface area (Å²) in [6, 6.07) is 0. The van der Waals surface area contributed by atoms with E-state index in [1.807, 2.05) is 6.92 Å². The number of rotatable bonds is 4. The first-order valence-corrected chi connectivity index (χ1v) is 6.53. The van der Waals surface area contributed by atoms with Crippen LogP contribution in [0, 0.1) is 5.41 Å². The van der Waals surface area contributed by atoms with Gasteiger partial charge in [-0.1, -0.05) is 20.8 Å². The molecule has 2 fully saturated rings. The van der Waals surface area contributed by atoms with Gasteiger partial charge < -0.3 is 4.90 Å². The van der Waals surface area contributed by atoms with Crippen molar-refractivity contribution >= 4 is 5.91 Å². The molecule has 1 saturated carbocycles. The van der Waals surface area contributed by atoms with Crippen LogP contribution < -0.4 is 5.32 Å². The molecule has 3 nitrogen and oxygen atoms in total. The van der Waals surface area contributed by atoms with Gasteiger partial charge in [-0.05, 0) is 38.0 Å². The SMILES string of the molecule is CCC1NC(C)(CC)C(=O)N1CC1(C)CC1. The molecule has 1 aliphatic carbocycles. The average molecular weight is 224 g/mol. The van der Waals surface area contributed by atoms with Crippen LogP contribution >= 0.6 is 0 Å². The first kappa shape index (κ1) is 11.9. The van der Waals surface area contributed by atoms with E-state index < -0.39 is 0 Å². The molecule has 3 heteroatoms. The van der Waals surface area contributed by atoms with E-state index in [2.05, 4.69) is 31.0 Å². The van der Waals surface area contributed by atoms with Gasteiger partial charge in [0.05, 0.1) is 11.7 Å². The van der Waals surface area contributed by atoms with Gasteiger partial charge in [-0.15, -0.1) is 0 Å². The van der Waals surface area contributed by atoms with Crippen molar-refractivity contribution in [2.75, 3.05) is 6.54 Å². The molecule has 1 N–H and O–H groups in total. The summed E-state index contributed by atoms with van der Waals surface area (Å²) in [5, 5.41) is 3.49. The van der Waals surface area contributed by atoms with E-state index in [0.717, 1.165) is 19.4 Å². The fourth-order valence-electron chi connectivity index (χ4n) is 2.51. The van der Waals surface area contributed by atoms with Gasteiger partial charge in [0.25, 0.3) is 0 Å². The lowest BCUT2D eigenvalue weighted by Gasteiger charge is -2.26. The fraction of sp³-hybridized carbons (Fsp3) is 0.923. The minimum Gasteiger partial charge on any atom is -0.325 e. The third-order valence-corrected chi connectivity index (χ3v) is 4.34. The molecular formula is C13H24N2O. The molecule has 92 valence electrons. The lowest BCUT2D eigenvalue weighted by Crippen LogP contribution is -2.43. The maximum absolute atomic E-state index is 12.4. The minimum absolute atomic E-state index is 0.245. The van der Waals surface area contributed by atoms with E-state index in [1.54, 1.807) is 0 Å². The smallest absolute Gasteiger partial charge is 0.243 e. The molecule has 0 aromatic rings. The van der Waals surface area contributed by atoms with Gasteiger partial charge in [0.15, 0.2) is 0 Å². The fourth-order valence-corrected chi connectivity index (χ4v) is 2.51. The molecule has 1 amide bonds. The van der Waals surface area contributed by atoms with Crippen LogP contribution in [0.2, 0.25) is 0 Å². The summed E-state index contributed by atoms with van der Waals surface area (Å²) in [5.74, 6) is 0.301. The van der Waals surface area contributed by atoms with Crippen LogP contribution in [-0.4, -0.2) is 29.1 Å². The van der Waals surface area contributed by atoms with Crippen molar-refractivity contribution in [3.63, 3.8) is 0 Å². The Morgan fingerprint density at radius 1 is 1.38 bits per heavy atom. The normalized spacial score (nSPS) is 36.9. The molecule has 0 aromatic heterocycles. The van der Waals surface area contributed by atoms with Crippen LogP contribution in [0.4, 0.5) is 0 Å². The second-order valence-corrected chi connectivity index (χ2v) is 6.00. The largest absolute Gasteiger partial charge is 0.325 e. The second kappa shape index (κ2) is 3.73. The summed E-state index contributed by atoms with van der Waals surface area (Å²) >= 11 is 0. The zero-order valence-electron chi connectivity index (χ0n) is 11.0. The molecule has 2 rings (SSSR count). The molecule has 1 saturated heterocycles. The van der Waals surface area contributed by atoms with Crippen molar-refractivity contribution in [1.82, 2.24) is 10.2 Å². The second-order valence-electron chi connectivity index (χ2n) is 6.00. The van der Waals surface area contributed by atoms with Crippen LogP contribution in [-0.2, 0) is 4.79 Å². The molecular weight excluding hydrogens is 200 g/mol. The number of carbonyl (C=O) groups is 1. The highest BCUT2D eigenvalue weighted by Gasteiger charge is 2.50. The van der Waals surface area contributed by atoms with Gasteiger partial charge in [0, 0.05) is 6.54 Å². The Labute approximate surface area is 98.6 Å². The molecule has 0 radical (unpaired) electrons. The average Bonchev–Trinajstić information content (AvgIpc) is 2.94. The van der Waals surface area contributed by atoms with Gasteiger partial charge >= 0.3 is 0 Å². The predicted octanol–water partition coefficient (Wildman–Crippen LogP) is 2.12. The predicted molar refractivity (Wildman–Crippen MR) is 65.0 cm³/mol. The third kappa shape index (κ3) is 1.86. The molecule has 16 heavy (non-hydrogen) atoms. The maximum atomic E-state index is 12.4. The molecule has 0 spiro atoms. The Morgan fingerprint density at radius 3 is 2.44 bits per heavy atom. The van der Waals surface area contributed by atoms with Gasteiger partial charge in [0.2, 0.25) is 5.91 Å². The lowest BCUT2D eigenvalue weighted by atomic mass is 9.99. The zero-order valence-corrected chi connectivity index (χ0v) is 11.0. The maximum Gasteiger partial charge on any atom is 0.243 e. The molecule has 1 aliphatic heterocycles. The van der Waals surface area contributed by atoms with Crippen LogP contribution in [0.1, 0.15) is 53.4 Å². The summed E-state index contributed by atoms with van der Waals surface area (Å²) in [6.45, 7) is 9.49. The molecule has 2 aliphatic rings. The van der Waals surface area contributed by atoms with Crippen LogP contribution in [0.15, 0.2) is 0 Å². The van der Waals surface area contributed by atoms with E-state index in [9.17, 15) is 4.79 Å². The van der Waals surface area contributed by atoms with E-state index in [0.29, 0.717) is 11.3 Å². The number of nitrogens with one attached hydrogen (secondary N) is 1. The Hall–Kier alpha value is -0.570. The number of amides is 1. The minimum atomic E-state index is -0.327. The molecule has 2 unspecified atom stereocenters. The molecule has 1 heterocycles. The van der Waals surface area contributed by atoms with E-state index in [1.165, 1.54) is 12.8 Å². The highest BCUT2D eigenvalue weighted by molar-refractivity contribution is 5.88. The van der Waals surface area contributed by atoms with Crippen molar-refractivity contribution < 1.29 is 4.79 Å². The Kier molecular flexibility index (Phi) is 2.77.